The summed E-state index contributed by atoms with van der Waals surface area (Å²) in [5, 5.41) is 3.50. The molecule has 0 fully saturated rings. The van der Waals surface area contributed by atoms with E-state index in [0.29, 0.717) is 27.9 Å². The van der Waals surface area contributed by atoms with Crippen molar-refractivity contribution in [2.75, 3.05) is 19.0 Å². The molecule has 0 saturated heterocycles. The quantitative estimate of drug-likeness (QED) is 0.691. The molecule has 0 aliphatic rings. The predicted octanol–water partition coefficient (Wildman–Crippen LogP) is 3.44. The van der Waals surface area contributed by atoms with Gasteiger partial charge in [-0.15, -0.1) is 11.3 Å². The third-order valence-corrected chi connectivity index (χ3v) is 4.96. The van der Waals surface area contributed by atoms with Crippen LogP contribution >= 0.6 is 11.3 Å². The number of hydrogen-bond donors (Lipinski definition) is 1. The van der Waals surface area contributed by atoms with Gasteiger partial charge in [0.15, 0.2) is 0 Å². The van der Waals surface area contributed by atoms with Crippen molar-refractivity contribution in [2.24, 2.45) is 0 Å². The maximum atomic E-state index is 12.8. The first kappa shape index (κ1) is 17.8. The third-order valence-electron chi connectivity index (χ3n) is 3.76. The van der Waals surface area contributed by atoms with Gasteiger partial charge < -0.3 is 14.8 Å². The number of ether oxygens (including phenoxy) is 2. The van der Waals surface area contributed by atoms with Crippen molar-refractivity contribution in [1.29, 1.82) is 0 Å². The molecule has 0 spiro atoms. The molecule has 0 radical (unpaired) electrons. The summed E-state index contributed by atoms with van der Waals surface area (Å²) in [7, 11) is 1.30. The fraction of sp³-hybridized carbons (Fsp3) is 0.222. The van der Waals surface area contributed by atoms with Crippen LogP contribution in [0.3, 0.4) is 0 Å². The highest BCUT2D eigenvalue weighted by atomic mass is 32.1. The van der Waals surface area contributed by atoms with E-state index in [9.17, 15) is 9.59 Å². The lowest BCUT2D eigenvalue weighted by atomic mass is 10.1. The van der Waals surface area contributed by atoms with Gasteiger partial charge in [0.05, 0.1) is 35.2 Å². The third kappa shape index (κ3) is 3.23. The molecule has 7 nitrogen and oxygen atoms in total. The molecule has 0 aliphatic heterocycles. The van der Waals surface area contributed by atoms with E-state index in [1.165, 1.54) is 24.8 Å². The van der Waals surface area contributed by atoms with Crippen LogP contribution < -0.4 is 10.1 Å². The first-order chi connectivity index (χ1) is 12.6. The monoisotopic (exact) mass is 371 g/mol. The van der Waals surface area contributed by atoms with Gasteiger partial charge >= 0.3 is 5.97 Å². The number of benzene rings is 1. The smallest absolute Gasteiger partial charge is 0.339 e. The minimum atomic E-state index is -0.515. The molecular formula is C18H17N3O4S. The molecule has 0 atom stereocenters. The Labute approximate surface area is 154 Å². The van der Waals surface area contributed by atoms with Crippen molar-refractivity contribution in [2.45, 2.75) is 13.8 Å². The van der Waals surface area contributed by atoms with Crippen LogP contribution in [0, 0.1) is 6.92 Å². The van der Waals surface area contributed by atoms with E-state index < -0.39 is 5.97 Å². The van der Waals surface area contributed by atoms with E-state index in [1.807, 2.05) is 13.8 Å². The number of methoxy groups -OCH3 is 1. The number of anilines is 1. The lowest BCUT2D eigenvalue weighted by molar-refractivity contribution is 0.0602. The van der Waals surface area contributed by atoms with E-state index in [2.05, 4.69) is 15.3 Å². The van der Waals surface area contributed by atoms with E-state index in [-0.39, 0.29) is 11.5 Å². The van der Waals surface area contributed by atoms with Crippen LogP contribution in [0.15, 0.2) is 30.6 Å². The Morgan fingerprint density at radius 1 is 1.23 bits per heavy atom. The second-order valence-electron chi connectivity index (χ2n) is 5.34. The zero-order valence-electron chi connectivity index (χ0n) is 14.5. The number of fused-ring (bicyclic) bond motifs is 1. The maximum absolute atomic E-state index is 12.8. The number of aryl methyl sites for hydroxylation is 1. The lowest BCUT2D eigenvalue weighted by Crippen LogP contribution is -2.15. The van der Waals surface area contributed by atoms with Crippen molar-refractivity contribution in [3.63, 3.8) is 0 Å². The number of hydrogen-bond acceptors (Lipinski definition) is 7. The molecule has 3 aromatic rings. The summed E-state index contributed by atoms with van der Waals surface area (Å²) in [5.74, 6) is -0.386. The largest absolute Gasteiger partial charge is 0.477 e. The van der Waals surface area contributed by atoms with Crippen LogP contribution in [0.5, 0.6) is 5.88 Å². The molecular weight excluding hydrogens is 354 g/mol. The zero-order chi connectivity index (χ0) is 18.7. The highest BCUT2D eigenvalue weighted by Crippen LogP contribution is 2.34. The summed E-state index contributed by atoms with van der Waals surface area (Å²) >= 11 is 1.25. The molecule has 2 aromatic heterocycles. The first-order valence-electron chi connectivity index (χ1n) is 7.92. The Balaban J connectivity index is 1.98. The van der Waals surface area contributed by atoms with Gasteiger partial charge in [-0.2, -0.15) is 0 Å². The van der Waals surface area contributed by atoms with Crippen LogP contribution in [0.1, 0.15) is 32.5 Å². The molecule has 26 heavy (non-hydrogen) atoms. The van der Waals surface area contributed by atoms with E-state index >= 15 is 0 Å². The molecule has 8 heteroatoms. The van der Waals surface area contributed by atoms with E-state index in [4.69, 9.17) is 9.47 Å². The molecule has 0 unspecified atom stereocenters. The van der Waals surface area contributed by atoms with Gasteiger partial charge in [-0.05, 0) is 31.5 Å². The fourth-order valence-corrected chi connectivity index (χ4v) is 3.60. The fourth-order valence-electron chi connectivity index (χ4n) is 2.56. The number of nitrogens with one attached hydrogen (secondary N) is 1. The highest BCUT2D eigenvalue weighted by molar-refractivity contribution is 7.20. The second kappa shape index (κ2) is 7.49. The Morgan fingerprint density at radius 3 is 2.73 bits per heavy atom. The molecule has 1 aromatic carbocycles. The van der Waals surface area contributed by atoms with Gasteiger partial charge in [-0.3, -0.25) is 4.79 Å². The van der Waals surface area contributed by atoms with Crippen LogP contribution in [-0.2, 0) is 4.74 Å². The molecule has 1 N–H and O–H groups in total. The highest BCUT2D eigenvalue weighted by Gasteiger charge is 2.21. The molecule has 3 rings (SSSR count). The minimum Gasteiger partial charge on any atom is -0.477 e. The van der Waals surface area contributed by atoms with Gasteiger partial charge in [0.25, 0.3) is 5.91 Å². The summed E-state index contributed by atoms with van der Waals surface area (Å²) in [6.45, 7) is 4.16. The van der Waals surface area contributed by atoms with Crippen LogP contribution in [0.2, 0.25) is 0 Å². The van der Waals surface area contributed by atoms with Crippen molar-refractivity contribution >= 4 is 39.1 Å². The minimum absolute atomic E-state index is 0.289. The number of carbonyl (C=O) groups is 2. The Kier molecular flexibility index (Phi) is 5.13. The molecule has 0 saturated carbocycles. The summed E-state index contributed by atoms with van der Waals surface area (Å²) in [6, 6.07) is 6.69. The van der Waals surface area contributed by atoms with Crippen molar-refractivity contribution < 1.29 is 19.1 Å². The number of rotatable bonds is 5. The SMILES string of the molecule is CCOc1ncnc2sc(C(=O)Nc3ccccc3C(=O)OC)c(C)c12. The number of amides is 1. The van der Waals surface area contributed by atoms with Gasteiger partial charge in [0.1, 0.15) is 11.2 Å². The number of thiophene rings is 1. The summed E-state index contributed by atoms with van der Waals surface area (Å²) < 4.78 is 10.3. The normalized spacial score (nSPS) is 10.6. The second-order valence-corrected chi connectivity index (χ2v) is 6.34. The first-order valence-corrected chi connectivity index (χ1v) is 8.74. The van der Waals surface area contributed by atoms with E-state index in [0.717, 1.165) is 10.9 Å². The number of para-hydroxylation sites is 1. The van der Waals surface area contributed by atoms with Gasteiger partial charge in [-0.25, -0.2) is 14.8 Å². The van der Waals surface area contributed by atoms with Crippen molar-refractivity contribution in [3.05, 3.63) is 46.6 Å². The van der Waals surface area contributed by atoms with Crippen molar-refractivity contribution in [3.8, 4) is 5.88 Å². The number of carbonyl (C=O) groups excluding carboxylic acids is 2. The van der Waals surface area contributed by atoms with Gasteiger partial charge in [0.2, 0.25) is 5.88 Å². The molecule has 134 valence electrons. The standard InChI is InChI=1S/C18H17N3O4S/c1-4-25-16-13-10(2)14(26-17(13)20-9-19-16)15(22)21-12-8-6-5-7-11(12)18(23)24-3/h5-9H,4H2,1-3H3,(H,21,22). The number of nitrogens with zero attached hydrogens (tertiary/aromatic N) is 2. The summed E-state index contributed by atoms with van der Waals surface area (Å²) in [4.78, 5) is 34.2. The Morgan fingerprint density at radius 2 is 2.00 bits per heavy atom. The summed E-state index contributed by atoms with van der Waals surface area (Å²) in [6.07, 6.45) is 1.41. The Bertz CT molecular complexity index is 984. The van der Waals surface area contributed by atoms with E-state index in [1.54, 1.807) is 24.3 Å². The van der Waals surface area contributed by atoms with Crippen LogP contribution in [-0.4, -0.2) is 35.6 Å². The van der Waals surface area contributed by atoms with Crippen molar-refractivity contribution in [1.82, 2.24) is 9.97 Å². The lowest BCUT2D eigenvalue weighted by Gasteiger charge is -2.09. The summed E-state index contributed by atoms with van der Waals surface area (Å²) in [5.41, 5.74) is 1.41. The molecule has 1 amide bonds. The topological polar surface area (TPSA) is 90.4 Å². The predicted molar refractivity (Wildman–Crippen MR) is 99.1 cm³/mol. The number of esters is 1. The zero-order valence-corrected chi connectivity index (χ0v) is 15.3. The average molecular weight is 371 g/mol. The van der Waals surface area contributed by atoms with Crippen LogP contribution in [0.25, 0.3) is 10.2 Å². The Hall–Kier alpha value is -3.00. The van der Waals surface area contributed by atoms with Gasteiger partial charge in [-0.1, -0.05) is 12.1 Å². The average Bonchev–Trinajstić information content (AvgIpc) is 2.99. The van der Waals surface area contributed by atoms with Crippen LogP contribution in [0.4, 0.5) is 5.69 Å². The molecule has 0 aliphatic carbocycles. The van der Waals surface area contributed by atoms with Gasteiger partial charge in [0, 0.05) is 0 Å². The molecule has 0 bridgehead atoms. The number of aromatic nitrogens is 2. The maximum Gasteiger partial charge on any atom is 0.339 e. The molecule has 2 heterocycles.